The third-order valence-corrected chi connectivity index (χ3v) is 20.4. The van der Waals surface area contributed by atoms with Gasteiger partial charge in [0.15, 0.2) is 12.3 Å². The van der Waals surface area contributed by atoms with Crippen molar-refractivity contribution < 1.29 is 66.0 Å². The molecule has 18 heteroatoms. The Morgan fingerprint density at radius 3 is 0.949 bits per heavy atom. The lowest BCUT2D eigenvalue weighted by Gasteiger charge is -2.46. The highest BCUT2D eigenvalue weighted by atomic mass is 32.2. The maximum absolute atomic E-state index is 14.8. The number of aliphatic carboxylic acids is 1. The molecule has 0 bridgehead atoms. The summed E-state index contributed by atoms with van der Waals surface area (Å²) in [6.45, 7) is 13.5. The lowest BCUT2D eigenvalue weighted by molar-refractivity contribution is -0.247. The van der Waals surface area contributed by atoms with Crippen LogP contribution in [0.2, 0.25) is 0 Å². The van der Waals surface area contributed by atoms with Crippen molar-refractivity contribution in [3.8, 4) is 0 Å². The predicted octanol–water partition coefficient (Wildman–Crippen LogP) is 20.3. The summed E-state index contributed by atoms with van der Waals surface area (Å²) in [5.41, 5.74) is 0. The molecule has 1 fully saturated rings. The van der Waals surface area contributed by atoms with E-state index in [2.05, 4.69) is 57.5 Å². The van der Waals surface area contributed by atoms with E-state index in [1.807, 2.05) is 0 Å². The summed E-state index contributed by atoms with van der Waals surface area (Å²) < 4.78 is 61.1. The molecule has 3 amide bonds. The molecule has 1 unspecified atom stereocenters. The quantitative estimate of drug-likeness (QED) is 0.0245. The van der Waals surface area contributed by atoms with Gasteiger partial charge in [-0.1, -0.05) is 350 Å². The van der Waals surface area contributed by atoms with E-state index in [1.54, 1.807) is 0 Å². The maximum Gasteiger partial charge on any atom is 0.328 e. The summed E-state index contributed by atoms with van der Waals surface area (Å²) in [6, 6.07) is -4.28. The van der Waals surface area contributed by atoms with Crippen LogP contribution in [-0.2, 0) is 58.4 Å². The zero-order valence-electron chi connectivity index (χ0n) is 64.8. The second-order valence-corrected chi connectivity index (χ2v) is 30.0. The Morgan fingerprint density at radius 2 is 0.667 bits per heavy atom. The summed E-state index contributed by atoms with van der Waals surface area (Å²) >= 11 is -2.94. The van der Waals surface area contributed by atoms with Crippen LogP contribution >= 0.6 is 0 Å². The number of carboxylic acids is 1. The van der Waals surface area contributed by atoms with Gasteiger partial charge in [-0.3, -0.25) is 23.1 Å². The van der Waals surface area contributed by atoms with Gasteiger partial charge in [0.2, 0.25) is 17.7 Å². The smallest absolute Gasteiger partial charge is 0.328 e. The minimum Gasteiger partial charge on any atom is -0.480 e. The van der Waals surface area contributed by atoms with Crippen LogP contribution in [0.25, 0.3) is 0 Å². The number of amides is 3. The highest BCUT2D eigenvalue weighted by Crippen LogP contribution is 2.28. The second kappa shape index (κ2) is 70.0. The average molecular weight is 1430 g/mol. The van der Waals surface area contributed by atoms with Crippen LogP contribution in [0, 0.1) is 0 Å². The number of aliphatic hydroxyl groups is 1. The Kier molecular flexibility index (Phi) is 67.0. The first-order chi connectivity index (χ1) is 48.4. The highest BCUT2D eigenvalue weighted by Gasteiger charge is 2.50. The van der Waals surface area contributed by atoms with Crippen molar-refractivity contribution in [3.63, 3.8) is 0 Å². The lowest BCUT2D eigenvalue weighted by Crippen LogP contribution is -2.70. The fraction of sp³-hybridized carbons (Fsp3) is 0.951. The summed E-state index contributed by atoms with van der Waals surface area (Å²) in [5.74, 6) is -2.82. The summed E-state index contributed by atoms with van der Waals surface area (Å²) in [7, 11) is 0. The molecule has 6 N–H and O–H groups in total. The van der Waals surface area contributed by atoms with E-state index < -0.39 is 103 Å². The van der Waals surface area contributed by atoms with E-state index in [1.165, 1.54) is 199 Å². The van der Waals surface area contributed by atoms with Gasteiger partial charge in [0.1, 0.15) is 18.2 Å². The average Bonchev–Trinajstić information content (AvgIpc) is 0.787. The number of hydrogen-bond acceptors (Lipinski definition) is 12. The molecule has 0 aromatic heterocycles. The SMILES string of the molecule is CCCCCCCCCCC[C@H](CC(=O)N[C@H]1[C@H](OC[C@H](NC(=O)C[C@@H](CCCCCCCCCCC)OCCCCCCCCCC)C(=O)O)O[C@H](CO)[C@@H](OS(=O)O)[C@H]1NC(=O)C[C@@H](CCCCCCCCCCC)OCCCCCCCCCC)OCCCCCCCCCC. The van der Waals surface area contributed by atoms with Gasteiger partial charge in [0, 0.05) is 19.8 Å². The minimum absolute atomic E-state index is 0.0429. The molecule has 0 aliphatic carbocycles. The molecular weight excluding hydrogens is 1270 g/mol. The fourth-order valence-electron chi connectivity index (χ4n) is 13.7. The Morgan fingerprint density at radius 1 is 0.394 bits per heavy atom. The molecule has 586 valence electrons. The number of hydrogen-bond donors (Lipinski definition) is 6. The summed E-state index contributed by atoms with van der Waals surface area (Å²) in [5, 5.41) is 30.5. The Balaban J connectivity index is 3.68. The first-order valence-electron chi connectivity index (χ1n) is 42.0. The first-order valence-corrected chi connectivity index (χ1v) is 43.0. The van der Waals surface area contributed by atoms with Crippen LogP contribution in [0.5, 0.6) is 0 Å². The van der Waals surface area contributed by atoms with Crippen LogP contribution in [0.4, 0.5) is 0 Å². The molecule has 0 spiro atoms. The monoisotopic (exact) mass is 1430 g/mol. The zero-order chi connectivity index (χ0) is 72.3. The number of unbranched alkanes of at least 4 members (excludes halogenated alkanes) is 45. The predicted molar refractivity (Wildman–Crippen MR) is 407 cm³/mol. The number of aliphatic hydroxyl groups excluding tert-OH is 1. The number of carbonyl (C=O) groups excluding carboxylic acids is 3. The molecule has 99 heavy (non-hydrogen) atoms. The number of nitrogens with one attached hydrogen (secondary N) is 3. The van der Waals surface area contributed by atoms with Gasteiger partial charge in [-0.2, -0.15) is 4.21 Å². The van der Waals surface area contributed by atoms with Crippen molar-refractivity contribution in [2.24, 2.45) is 0 Å². The second-order valence-electron chi connectivity index (χ2n) is 29.3. The van der Waals surface area contributed by atoms with Gasteiger partial charge >= 0.3 is 17.3 Å². The van der Waals surface area contributed by atoms with Crippen LogP contribution in [0.3, 0.4) is 0 Å². The molecule has 1 aliphatic heterocycles. The molecule has 0 aromatic carbocycles. The van der Waals surface area contributed by atoms with Crippen LogP contribution in [0.1, 0.15) is 408 Å². The standard InChI is InChI=1S/C81H157N3O14S/c1-7-13-19-25-31-37-40-46-52-58-69(93-61-55-49-43-34-28-22-16-10-4)64-74(86)82-72(80(89)90)68-96-81-78(84-76(88)66-71(60-54-48-42-39-33-27-21-15-9-3)95-63-57-51-45-36-30-24-18-12-6)77(79(98-99(91)92)73(67-85)97-81)83-75(87)65-70(59-53-47-41-38-32-26-20-14-8-2)94-62-56-50-44-35-29-23-17-11-5/h69-73,77-79,81,85H,7-68H2,1-6H3,(H,82,86)(H,83,87)(H,84,88)(H,89,90)(H,91,92)/t69-,70-,71-,72+,73-,77+,78-,79-,81-/m1/s1. The van der Waals surface area contributed by atoms with Gasteiger partial charge in [-0.15, -0.1) is 0 Å². The molecule has 1 heterocycles. The molecular formula is C81H157N3O14S. The third-order valence-electron chi connectivity index (χ3n) is 20.0. The van der Waals surface area contributed by atoms with Gasteiger partial charge < -0.3 is 49.8 Å². The maximum atomic E-state index is 14.8. The Labute approximate surface area is 609 Å². The number of ether oxygens (including phenoxy) is 5. The zero-order valence-corrected chi connectivity index (χ0v) is 65.6. The molecule has 1 rings (SSSR count). The van der Waals surface area contributed by atoms with Crippen molar-refractivity contribution in [3.05, 3.63) is 0 Å². The molecule has 0 saturated carbocycles. The van der Waals surface area contributed by atoms with E-state index in [9.17, 15) is 38.2 Å². The largest absolute Gasteiger partial charge is 0.480 e. The summed E-state index contributed by atoms with van der Waals surface area (Å²) in [4.78, 5) is 56.9. The van der Waals surface area contributed by atoms with Crippen LogP contribution in [0.15, 0.2) is 0 Å². The topological polar surface area (TPSA) is 238 Å². The minimum atomic E-state index is -2.94. The molecule has 0 radical (unpaired) electrons. The van der Waals surface area contributed by atoms with E-state index in [0.29, 0.717) is 39.1 Å². The third kappa shape index (κ3) is 55.8. The molecule has 1 saturated heterocycles. The molecule has 10 atom stereocenters. The van der Waals surface area contributed by atoms with Crippen LogP contribution in [-0.4, -0.2) is 131 Å². The number of carbonyl (C=O) groups is 4. The number of carboxylic acid groups (broad SMARTS) is 1. The molecule has 17 nitrogen and oxygen atoms in total. The molecule has 0 aromatic rings. The highest BCUT2D eigenvalue weighted by molar-refractivity contribution is 7.74. The van der Waals surface area contributed by atoms with E-state index in [4.69, 9.17) is 27.9 Å². The van der Waals surface area contributed by atoms with E-state index in [0.717, 1.165) is 128 Å². The Hall–Kier alpha value is -2.29. The van der Waals surface area contributed by atoms with Gasteiger partial charge in [-0.25, -0.2) is 4.79 Å². The summed E-state index contributed by atoms with van der Waals surface area (Å²) in [6.07, 6.45) is 54.5. The van der Waals surface area contributed by atoms with Gasteiger partial charge in [0.05, 0.1) is 56.8 Å². The first kappa shape index (κ1) is 94.7. The molecule has 1 aliphatic rings. The van der Waals surface area contributed by atoms with E-state index in [-0.39, 0.29) is 19.3 Å². The van der Waals surface area contributed by atoms with Crippen molar-refractivity contribution in [2.75, 3.05) is 33.0 Å². The van der Waals surface area contributed by atoms with Crippen molar-refractivity contribution in [1.29, 1.82) is 0 Å². The van der Waals surface area contributed by atoms with Crippen molar-refractivity contribution in [2.45, 2.75) is 462 Å². The fourth-order valence-corrected chi connectivity index (χ4v) is 14.2. The van der Waals surface area contributed by atoms with Crippen molar-refractivity contribution in [1.82, 2.24) is 16.0 Å². The number of rotatable bonds is 76. The normalized spacial score (nSPS) is 17.9. The van der Waals surface area contributed by atoms with Crippen LogP contribution < -0.4 is 16.0 Å². The van der Waals surface area contributed by atoms with E-state index >= 15 is 0 Å². The Bertz CT molecular complexity index is 1790. The lowest BCUT2D eigenvalue weighted by atomic mass is 9.93. The van der Waals surface area contributed by atoms with Gasteiger partial charge in [-0.05, 0) is 38.5 Å². The van der Waals surface area contributed by atoms with Gasteiger partial charge in [0.25, 0.3) is 0 Å². The van der Waals surface area contributed by atoms with Crippen molar-refractivity contribution >= 4 is 35.1 Å².